The molecule has 5 heteroatoms. The number of nitrogens with one attached hydrogen (secondary N) is 1. The van der Waals surface area contributed by atoms with Gasteiger partial charge in [-0.15, -0.1) is 0 Å². The number of nitrogens with zero attached hydrogens (tertiary/aromatic N) is 2. The molecule has 1 atom stereocenters. The molecule has 0 aliphatic carbocycles. The molecule has 1 heterocycles. The van der Waals surface area contributed by atoms with Gasteiger partial charge in [-0.3, -0.25) is 0 Å². The zero-order valence-corrected chi connectivity index (χ0v) is 11.1. The van der Waals surface area contributed by atoms with Crippen molar-refractivity contribution in [3.05, 3.63) is 23.4 Å². The minimum Gasteiger partial charge on any atom is -0.387 e. The van der Waals surface area contributed by atoms with E-state index in [0.29, 0.717) is 23.7 Å². The summed E-state index contributed by atoms with van der Waals surface area (Å²) in [6.07, 6.45) is 1.94. The predicted molar refractivity (Wildman–Crippen MR) is 71.2 cm³/mol. The first kappa shape index (κ1) is 13.8. The zero-order chi connectivity index (χ0) is 12.9. The van der Waals surface area contributed by atoms with Crippen LogP contribution in [0.25, 0.3) is 0 Å². The van der Waals surface area contributed by atoms with Crippen molar-refractivity contribution in [1.29, 1.82) is 5.26 Å². The quantitative estimate of drug-likeness (QED) is 0.835. The molecular weight excluding hydrogens is 234 g/mol. The molecule has 1 aromatic heterocycles. The summed E-state index contributed by atoms with van der Waals surface area (Å²) in [5.41, 5.74) is 0.531. The Kier molecular flexibility index (Phi) is 4.79. The minimum atomic E-state index is -0.808. The van der Waals surface area contributed by atoms with E-state index >= 15 is 0 Å². The number of rotatable bonds is 5. The van der Waals surface area contributed by atoms with Crippen LogP contribution in [-0.4, -0.2) is 34.2 Å². The fraction of sp³-hybridized carbons (Fsp3) is 0.500. The fourth-order valence-corrected chi connectivity index (χ4v) is 2.14. The lowest BCUT2D eigenvalue weighted by Crippen LogP contribution is -2.36. The Morgan fingerprint density at radius 1 is 1.59 bits per heavy atom. The van der Waals surface area contributed by atoms with Gasteiger partial charge >= 0.3 is 0 Å². The van der Waals surface area contributed by atoms with Gasteiger partial charge in [0.1, 0.15) is 11.9 Å². The van der Waals surface area contributed by atoms with Gasteiger partial charge in [-0.25, -0.2) is 4.98 Å². The van der Waals surface area contributed by atoms with E-state index in [1.807, 2.05) is 13.2 Å². The van der Waals surface area contributed by atoms with Gasteiger partial charge in [0.05, 0.1) is 11.2 Å². The van der Waals surface area contributed by atoms with E-state index in [4.69, 9.17) is 5.26 Å². The van der Waals surface area contributed by atoms with Crippen molar-refractivity contribution in [2.75, 3.05) is 23.9 Å². The standard InChI is InChI=1S/C12H17N3OS/c1-9-4-5-10(6-13)11(15-9)14-7-12(2,16)8-17-3/h4-5,16H,7-8H2,1-3H3,(H,14,15). The summed E-state index contributed by atoms with van der Waals surface area (Å²) in [6.45, 7) is 4.00. The van der Waals surface area contributed by atoms with E-state index in [0.717, 1.165) is 5.69 Å². The molecule has 92 valence electrons. The number of anilines is 1. The molecule has 0 bridgehead atoms. The van der Waals surface area contributed by atoms with Crippen molar-refractivity contribution in [3.63, 3.8) is 0 Å². The molecular formula is C12H17N3OS. The molecule has 1 aromatic rings. The predicted octanol–water partition coefficient (Wildman–Crippen LogP) is 1.79. The Morgan fingerprint density at radius 2 is 2.29 bits per heavy atom. The number of aromatic nitrogens is 1. The number of hydrogen-bond acceptors (Lipinski definition) is 5. The molecule has 0 amide bonds. The SMILES string of the molecule is CSCC(C)(O)CNc1nc(C)ccc1C#N. The lowest BCUT2D eigenvalue weighted by atomic mass is 10.1. The Bertz CT molecular complexity index is 426. The van der Waals surface area contributed by atoms with Crippen LogP contribution in [0.15, 0.2) is 12.1 Å². The minimum absolute atomic E-state index is 0.374. The second kappa shape index (κ2) is 5.89. The molecule has 0 fully saturated rings. The van der Waals surface area contributed by atoms with Crippen molar-refractivity contribution in [2.24, 2.45) is 0 Å². The normalized spacial score (nSPS) is 13.8. The Hall–Kier alpha value is -1.25. The number of aryl methyl sites for hydroxylation is 1. The van der Waals surface area contributed by atoms with Gasteiger partial charge in [0.2, 0.25) is 0 Å². The molecule has 0 spiro atoms. The monoisotopic (exact) mass is 251 g/mol. The first-order valence-corrected chi connectivity index (χ1v) is 6.71. The molecule has 4 nitrogen and oxygen atoms in total. The van der Waals surface area contributed by atoms with Crippen LogP contribution in [0.5, 0.6) is 0 Å². The van der Waals surface area contributed by atoms with Crippen molar-refractivity contribution in [2.45, 2.75) is 19.4 Å². The maximum atomic E-state index is 10.0. The van der Waals surface area contributed by atoms with Crippen LogP contribution in [-0.2, 0) is 0 Å². The summed E-state index contributed by atoms with van der Waals surface area (Å²) < 4.78 is 0. The molecule has 0 saturated carbocycles. The topological polar surface area (TPSA) is 68.9 Å². The maximum absolute atomic E-state index is 10.0. The van der Waals surface area contributed by atoms with Gasteiger partial charge in [0.15, 0.2) is 0 Å². The average Bonchev–Trinajstić information content (AvgIpc) is 2.27. The zero-order valence-electron chi connectivity index (χ0n) is 10.3. The first-order chi connectivity index (χ1) is 7.98. The molecule has 0 saturated heterocycles. The molecule has 0 aliphatic rings. The molecule has 1 unspecified atom stereocenters. The molecule has 2 N–H and O–H groups in total. The number of aliphatic hydroxyl groups is 1. The fourth-order valence-electron chi connectivity index (χ4n) is 1.42. The third-order valence-corrected chi connectivity index (χ3v) is 3.16. The van der Waals surface area contributed by atoms with Crippen LogP contribution in [0, 0.1) is 18.3 Å². The largest absolute Gasteiger partial charge is 0.387 e. The highest BCUT2D eigenvalue weighted by Gasteiger charge is 2.20. The lowest BCUT2D eigenvalue weighted by molar-refractivity contribution is 0.0996. The third-order valence-electron chi connectivity index (χ3n) is 2.25. The van der Waals surface area contributed by atoms with Gasteiger partial charge in [0.25, 0.3) is 0 Å². The van der Waals surface area contributed by atoms with Gasteiger partial charge in [-0.05, 0) is 32.2 Å². The van der Waals surface area contributed by atoms with E-state index in [1.54, 1.807) is 30.8 Å². The first-order valence-electron chi connectivity index (χ1n) is 5.31. The second-order valence-electron chi connectivity index (χ2n) is 4.24. The van der Waals surface area contributed by atoms with Crippen LogP contribution < -0.4 is 5.32 Å². The summed E-state index contributed by atoms with van der Waals surface area (Å²) in [7, 11) is 0. The molecule has 17 heavy (non-hydrogen) atoms. The van der Waals surface area contributed by atoms with Crippen molar-refractivity contribution < 1.29 is 5.11 Å². The van der Waals surface area contributed by atoms with Crippen LogP contribution in [0.3, 0.4) is 0 Å². The molecule has 1 rings (SSSR count). The highest BCUT2D eigenvalue weighted by atomic mass is 32.2. The summed E-state index contributed by atoms with van der Waals surface area (Å²) in [5.74, 6) is 1.17. The average molecular weight is 251 g/mol. The van der Waals surface area contributed by atoms with Crippen molar-refractivity contribution in [3.8, 4) is 6.07 Å². The van der Waals surface area contributed by atoms with Gasteiger partial charge < -0.3 is 10.4 Å². The van der Waals surface area contributed by atoms with E-state index in [1.165, 1.54) is 0 Å². The van der Waals surface area contributed by atoms with E-state index in [-0.39, 0.29) is 0 Å². The molecule has 0 radical (unpaired) electrons. The third kappa shape index (κ3) is 4.25. The second-order valence-corrected chi connectivity index (χ2v) is 5.11. The Labute approximate surface area is 106 Å². The summed E-state index contributed by atoms with van der Waals surface area (Å²) >= 11 is 1.58. The van der Waals surface area contributed by atoms with Gasteiger partial charge in [-0.2, -0.15) is 17.0 Å². The lowest BCUT2D eigenvalue weighted by Gasteiger charge is -2.23. The Balaban J connectivity index is 2.75. The van der Waals surface area contributed by atoms with Crippen molar-refractivity contribution >= 4 is 17.6 Å². The molecule has 0 aliphatic heterocycles. The van der Waals surface area contributed by atoms with Crippen LogP contribution in [0.2, 0.25) is 0 Å². The summed E-state index contributed by atoms with van der Waals surface area (Å²) in [5, 5.41) is 22.0. The molecule has 0 aromatic carbocycles. The maximum Gasteiger partial charge on any atom is 0.144 e. The van der Waals surface area contributed by atoms with Gasteiger partial charge in [-0.1, -0.05) is 0 Å². The number of nitriles is 1. The van der Waals surface area contributed by atoms with E-state index in [9.17, 15) is 5.11 Å². The number of hydrogen-bond donors (Lipinski definition) is 2. The summed E-state index contributed by atoms with van der Waals surface area (Å²) in [6, 6.07) is 5.60. The van der Waals surface area contributed by atoms with Gasteiger partial charge in [0, 0.05) is 18.0 Å². The Morgan fingerprint density at radius 3 is 2.88 bits per heavy atom. The number of pyridine rings is 1. The van der Waals surface area contributed by atoms with Crippen LogP contribution in [0.4, 0.5) is 5.82 Å². The van der Waals surface area contributed by atoms with Crippen molar-refractivity contribution in [1.82, 2.24) is 4.98 Å². The smallest absolute Gasteiger partial charge is 0.144 e. The van der Waals surface area contributed by atoms with E-state index in [2.05, 4.69) is 16.4 Å². The van der Waals surface area contributed by atoms with E-state index < -0.39 is 5.60 Å². The summed E-state index contributed by atoms with van der Waals surface area (Å²) in [4.78, 5) is 4.26. The van der Waals surface area contributed by atoms with Crippen LogP contribution in [0.1, 0.15) is 18.2 Å². The number of thioether (sulfide) groups is 1. The highest BCUT2D eigenvalue weighted by Crippen LogP contribution is 2.15. The highest BCUT2D eigenvalue weighted by molar-refractivity contribution is 7.98. The van der Waals surface area contributed by atoms with Crippen LogP contribution >= 0.6 is 11.8 Å².